The van der Waals surface area contributed by atoms with Crippen LogP contribution in [0.3, 0.4) is 0 Å². The van der Waals surface area contributed by atoms with E-state index >= 15 is 0 Å². The lowest BCUT2D eigenvalue weighted by molar-refractivity contribution is -0.525. The summed E-state index contributed by atoms with van der Waals surface area (Å²) in [6.07, 6.45) is 0.902. The van der Waals surface area contributed by atoms with Crippen molar-refractivity contribution in [1.82, 2.24) is 16.1 Å². The van der Waals surface area contributed by atoms with Gasteiger partial charge in [0.1, 0.15) is 12.1 Å². The molecule has 0 radical (unpaired) electrons. The van der Waals surface area contributed by atoms with Crippen molar-refractivity contribution in [1.29, 1.82) is 0 Å². The van der Waals surface area contributed by atoms with Gasteiger partial charge in [0.15, 0.2) is 5.03 Å². The number of aliphatic imine (C=N–C) groups is 1. The van der Waals surface area contributed by atoms with Crippen LogP contribution in [0, 0.1) is 16.0 Å². The average molecular weight is 373 g/mol. The van der Waals surface area contributed by atoms with Crippen LogP contribution in [-0.2, 0) is 14.4 Å². The lowest BCUT2D eigenvalue weighted by atomic mass is 10.0. The highest BCUT2D eigenvalue weighted by atomic mass is 16.7. The lowest BCUT2D eigenvalue weighted by Gasteiger charge is -2.22. The smallest absolute Gasteiger partial charge is 0.251 e. The standard InChI is InChI=1S/C14H27N7O5/c1-8(2)7-11(12(15)23)19-13(24)10(18-9(3)22)5-4-6-17-14(16)20-21(25)26/h8,10-11H,4-7H2,1-3H3,(H2,15,23)(H,18,22)(H,19,24)(H3,16,17,20)/t10-,11-/m0/s1. The molecule has 0 bridgehead atoms. The number of guanidine groups is 1. The molecular weight excluding hydrogens is 346 g/mol. The van der Waals surface area contributed by atoms with Gasteiger partial charge >= 0.3 is 0 Å². The Hall–Kier alpha value is -2.92. The Morgan fingerprint density at radius 2 is 1.77 bits per heavy atom. The molecule has 2 atom stereocenters. The number of nitro groups is 1. The number of nitrogens with zero attached hydrogens (tertiary/aromatic N) is 2. The molecule has 7 N–H and O–H groups in total. The maximum atomic E-state index is 12.4. The number of rotatable bonds is 11. The molecule has 0 rings (SSSR count). The van der Waals surface area contributed by atoms with Crippen LogP contribution in [0.1, 0.15) is 40.0 Å². The fourth-order valence-electron chi connectivity index (χ4n) is 2.13. The first kappa shape index (κ1) is 23.1. The molecule has 0 unspecified atom stereocenters. The summed E-state index contributed by atoms with van der Waals surface area (Å²) >= 11 is 0. The van der Waals surface area contributed by atoms with Crippen LogP contribution in [0.25, 0.3) is 0 Å². The number of carbonyl (C=O) groups is 3. The van der Waals surface area contributed by atoms with Gasteiger partial charge in [-0.3, -0.25) is 14.4 Å². The van der Waals surface area contributed by atoms with Crippen LogP contribution in [0.4, 0.5) is 0 Å². The predicted molar refractivity (Wildman–Crippen MR) is 94.0 cm³/mol. The largest absolute Gasteiger partial charge is 0.368 e. The Morgan fingerprint density at radius 3 is 2.23 bits per heavy atom. The molecule has 0 aromatic heterocycles. The summed E-state index contributed by atoms with van der Waals surface area (Å²) in [5, 5.41) is 14.4. The van der Waals surface area contributed by atoms with Crippen LogP contribution < -0.4 is 27.5 Å². The summed E-state index contributed by atoms with van der Waals surface area (Å²) in [7, 11) is 0. The fraction of sp³-hybridized carbons (Fsp3) is 0.714. The van der Waals surface area contributed by atoms with Gasteiger partial charge in [0.2, 0.25) is 17.7 Å². The van der Waals surface area contributed by atoms with Gasteiger partial charge in [0.25, 0.3) is 5.96 Å². The minimum atomic E-state index is -0.888. The molecule has 0 saturated heterocycles. The molecule has 0 aromatic rings. The van der Waals surface area contributed by atoms with E-state index in [0.717, 1.165) is 0 Å². The molecule has 3 amide bonds. The number of hydrazine groups is 1. The van der Waals surface area contributed by atoms with Gasteiger partial charge in [0, 0.05) is 13.5 Å². The van der Waals surface area contributed by atoms with Gasteiger partial charge in [-0.2, -0.15) is 0 Å². The summed E-state index contributed by atoms with van der Waals surface area (Å²) in [5.74, 6) is -1.83. The first-order valence-electron chi connectivity index (χ1n) is 8.10. The topological polar surface area (TPSA) is 195 Å². The lowest BCUT2D eigenvalue weighted by Crippen LogP contribution is -2.53. The maximum Gasteiger partial charge on any atom is 0.251 e. The van der Waals surface area contributed by atoms with E-state index in [0.29, 0.717) is 12.8 Å². The van der Waals surface area contributed by atoms with E-state index in [1.54, 1.807) is 5.43 Å². The summed E-state index contributed by atoms with van der Waals surface area (Å²) in [5.41, 5.74) is 12.3. The molecule has 0 aromatic carbocycles. The summed E-state index contributed by atoms with van der Waals surface area (Å²) in [4.78, 5) is 49.0. The molecule has 0 aliphatic rings. The van der Waals surface area contributed by atoms with Crippen LogP contribution in [-0.4, -0.2) is 47.3 Å². The normalized spacial score (nSPS) is 13.6. The molecule has 12 heteroatoms. The number of nitrogens with two attached hydrogens (primary N) is 2. The van der Waals surface area contributed by atoms with Crippen molar-refractivity contribution in [3.63, 3.8) is 0 Å². The average Bonchev–Trinajstić information content (AvgIpc) is 2.47. The van der Waals surface area contributed by atoms with E-state index in [9.17, 15) is 24.5 Å². The quantitative estimate of drug-likeness (QED) is 0.0943. The Balaban J connectivity index is 4.76. The Bertz CT molecular complexity index is 550. The molecule has 0 saturated carbocycles. The summed E-state index contributed by atoms with van der Waals surface area (Å²) in [6.45, 7) is 5.14. The van der Waals surface area contributed by atoms with Crippen molar-refractivity contribution in [3.8, 4) is 0 Å². The molecular formula is C14H27N7O5. The fourth-order valence-corrected chi connectivity index (χ4v) is 2.13. The summed E-state index contributed by atoms with van der Waals surface area (Å²) in [6, 6.07) is -1.72. The highest BCUT2D eigenvalue weighted by molar-refractivity contribution is 5.91. The molecule has 148 valence electrons. The van der Waals surface area contributed by atoms with Gasteiger partial charge in [0.05, 0.1) is 0 Å². The molecule has 0 heterocycles. The number of nitrogens with one attached hydrogen (secondary N) is 3. The molecule has 12 nitrogen and oxygen atoms in total. The van der Waals surface area contributed by atoms with E-state index in [2.05, 4.69) is 15.6 Å². The van der Waals surface area contributed by atoms with Crippen molar-refractivity contribution >= 4 is 23.7 Å². The Kier molecular flexibility index (Phi) is 10.3. The first-order chi connectivity index (χ1) is 12.0. The second kappa shape index (κ2) is 11.6. The van der Waals surface area contributed by atoms with E-state index in [1.807, 2.05) is 13.8 Å². The maximum absolute atomic E-state index is 12.4. The van der Waals surface area contributed by atoms with Crippen molar-refractivity contribution in [2.45, 2.75) is 52.1 Å². The van der Waals surface area contributed by atoms with Crippen LogP contribution in [0.2, 0.25) is 0 Å². The third kappa shape index (κ3) is 10.8. The number of hydrogen-bond donors (Lipinski definition) is 5. The minimum absolute atomic E-state index is 0.112. The van der Waals surface area contributed by atoms with E-state index < -0.39 is 34.8 Å². The minimum Gasteiger partial charge on any atom is -0.368 e. The van der Waals surface area contributed by atoms with Gasteiger partial charge in [-0.05, 0) is 25.2 Å². The van der Waals surface area contributed by atoms with Gasteiger partial charge in [-0.15, -0.1) is 0 Å². The Labute approximate surface area is 151 Å². The Morgan fingerprint density at radius 1 is 1.15 bits per heavy atom. The van der Waals surface area contributed by atoms with Crippen LogP contribution >= 0.6 is 0 Å². The third-order valence-electron chi connectivity index (χ3n) is 3.20. The zero-order valence-corrected chi connectivity index (χ0v) is 15.2. The number of carbonyl (C=O) groups excluding carboxylic acids is 3. The number of amides is 3. The first-order valence-corrected chi connectivity index (χ1v) is 8.10. The highest BCUT2D eigenvalue weighted by Crippen LogP contribution is 2.06. The van der Waals surface area contributed by atoms with Gasteiger partial charge in [-0.25, -0.2) is 15.1 Å². The van der Waals surface area contributed by atoms with Crippen LogP contribution in [0.15, 0.2) is 4.99 Å². The van der Waals surface area contributed by atoms with Crippen molar-refractivity contribution in [2.75, 3.05) is 6.54 Å². The van der Waals surface area contributed by atoms with Crippen molar-refractivity contribution in [2.24, 2.45) is 22.4 Å². The number of hydrogen-bond acceptors (Lipinski definition) is 6. The SMILES string of the molecule is CC(=O)N[C@@H](CCCN=C(N)N[N+](=O)[O-])C(=O)N[C@@H](CC(C)C)C(N)=O. The molecule has 26 heavy (non-hydrogen) atoms. The zero-order chi connectivity index (χ0) is 20.3. The van der Waals surface area contributed by atoms with E-state index in [1.165, 1.54) is 6.92 Å². The zero-order valence-electron chi connectivity index (χ0n) is 15.2. The van der Waals surface area contributed by atoms with Gasteiger partial charge in [-0.1, -0.05) is 19.3 Å². The van der Waals surface area contributed by atoms with Crippen LogP contribution in [0.5, 0.6) is 0 Å². The second-order valence-corrected chi connectivity index (χ2v) is 6.12. The van der Waals surface area contributed by atoms with Crippen molar-refractivity contribution in [3.05, 3.63) is 10.1 Å². The van der Waals surface area contributed by atoms with Gasteiger partial charge < -0.3 is 22.1 Å². The molecule has 0 aliphatic carbocycles. The third-order valence-corrected chi connectivity index (χ3v) is 3.20. The molecule has 0 fully saturated rings. The predicted octanol–water partition coefficient (Wildman–Crippen LogP) is -1.62. The molecule has 0 aliphatic heterocycles. The number of primary amides is 1. The monoisotopic (exact) mass is 373 g/mol. The second-order valence-electron chi connectivity index (χ2n) is 6.12. The highest BCUT2D eigenvalue weighted by Gasteiger charge is 2.25. The van der Waals surface area contributed by atoms with Crippen molar-refractivity contribution < 1.29 is 19.4 Å². The summed E-state index contributed by atoms with van der Waals surface area (Å²) < 4.78 is 0. The molecule has 0 spiro atoms. The van der Waals surface area contributed by atoms with E-state index in [4.69, 9.17) is 11.5 Å². The van der Waals surface area contributed by atoms with E-state index in [-0.39, 0.29) is 24.8 Å².